The van der Waals surface area contributed by atoms with E-state index in [0.29, 0.717) is 23.8 Å². The van der Waals surface area contributed by atoms with Gasteiger partial charge in [-0.2, -0.15) is 0 Å². The summed E-state index contributed by atoms with van der Waals surface area (Å²) in [5.74, 6) is 0.172. The molecule has 116 valence electrons. The van der Waals surface area contributed by atoms with Crippen molar-refractivity contribution < 1.29 is 17.9 Å². The zero-order chi connectivity index (χ0) is 15.7. The number of rotatable bonds is 3. The van der Waals surface area contributed by atoms with Crippen molar-refractivity contribution in [1.82, 2.24) is 0 Å². The molecule has 1 N–H and O–H groups in total. The quantitative estimate of drug-likeness (QED) is 0.934. The molecule has 0 unspecified atom stereocenters. The molecule has 1 atom stereocenters. The Morgan fingerprint density at radius 3 is 2.86 bits per heavy atom. The average Bonchev–Trinajstić information content (AvgIpc) is 2.95. The van der Waals surface area contributed by atoms with Crippen molar-refractivity contribution >= 4 is 32.1 Å². The van der Waals surface area contributed by atoms with Crippen molar-refractivity contribution in [2.24, 2.45) is 0 Å². The average molecular weight is 337 g/mol. The number of carbonyl (C=O) groups excluding carboxylic acids is 1. The lowest BCUT2D eigenvalue weighted by Crippen LogP contribution is -2.26. The number of benzene rings is 1. The van der Waals surface area contributed by atoms with Gasteiger partial charge in [-0.3, -0.25) is 4.79 Å². The monoisotopic (exact) mass is 337 g/mol. The molecule has 2 heterocycles. The van der Waals surface area contributed by atoms with Gasteiger partial charge in [-0.25, -0.2) is 8.42 Å². The standard InChI is InChI=1S/C15H15NO4S2/c1-22(18,19)13-7-9-21-15(13)16-14(17)11-6-8-20-12-5-3-2-4-10(11)12/h2-5,7,9,11H,6,8H2,1H3,(H,16,17)/t11-/m1/s1. The van der Waals surface area contributed by atoms with E-state index in [1.807, 2.05) is 24.3 Å². The zero-order valence-corrected chi connectivity index (χ0v) is 13.5. The zero-order valence-electron chi connectivity index (χ0n) is 11.9. The van der Waals surface area contributed by atoms with Crippen molar-refractivity contribution in [2.45, 2.75) is 17.2 Å². The van der Waals surface area contributed by atoms with Crippen LogP contribution in [0.25, 0.3) is 0 Å². The van der Waals surface area contributed by atoms with Gasteiger partial charge in [0.05, 0.1) is 12.5 Å². The van der Waals surface area contributed by atoms with Crippen LogP contribution in [-0.2, 0) is 14.6 Å². The maximum Gasteiger partial charge on any atom is 0.232 e. The number of sulfone groups is 1. The number of thiophene rings is 1. The minimum atomic E-state index is -3.36. The molecular weight excluding hydrogens is 322 g/mol. The van der Waals surface area contributed by atoms with Crippen molar-refractivity contribution in [3.63, 3.8) is 0 Å². The predicted molar refractivity (Wildman–Crippen MR) is 85.4 cm³/mol. The minimum absolute atomic E-state index is 0.159. The minimum Gasteiger partial charge on any atom is -0.493 e. The van der Waals surface area contributed by atoms with Crippen LogP contribution in [0, 0.1) is 0 Å². The smallest absolute Gasteiger partial charge is 0.232 e. The summed E-state index contributed by atoms with van der Waals surface area (Å²) in [6.45, 7) is 0.471. The Morgan fingerprint density at radius 1 is 1.32 bits per heavy atom. The summed E-state index contributed by atoms with van der Waals surface area (Å²) in [5, 5.41) is 4.78. The molecule has 3 rings (SSSR count). The van der Waals surface area contributed by atoms with E-state index in [2.05, 4.69) is 5.32 Å². The molecule has 1 aromatic heterocycles. The molecule has 1 aliphatic heterocycles. The van der Waals surface area contributed by atoms with E-state index in [9.17, 15) is 13.2 Å². The Bertz CT molecular complexity index is 810. The fraction of sp³-hybridized carbons (Fsp3) is 0.267. The second-order valence-electron chi connectivity index (χ2n) is 5.10. The molecule has 0 fully saturated rings. The highest BCUT2D eigenvalue weighted by molar-refractivity contribution is 7.91. The van der Waals surface area contributed by atoms with Crippen molar-refractivity contribution in [2.75, 3.05) is 18.2 Å². The Morgan fingerprint density at radius 2 is 2.09 bits per heavy atom. The summed E-state index contributed by atoms with van der Waals surface area (Å²) in [7, 11) is -3.36. The van der Waals surface area contributed by atoms with E-state index in [1.165, 1.54) is 17.4 Å². The van der Waals surface area contributed by atoms with Crippen molar-refractivity contribution in [3.8, 4) is 5.75 Å². The largest absolute Gasteiger partial charge is 0.493 e. The van der Waals surface area contributed by atoms with Crippen LogP contribution in [0.4, 0.5) is 5.00 Å². The summed E-state index contributed by atoms with van der Waals surface area (Å²) in [6, 6.07) is 8.93. The number of hydrogen-bond donors (Lipinski definition) is 1. The van der Waals surface area contributed by atoms with Gasteiger partial charge in [0, 0.05) is 11.8 Å². The summed E-state index contributed by atoms with van der Waals surface area (Å²) in [6.07, 6.45) is 1.71. The van der Waals surface area contributed by atoms with Crippen LogP contribution >= 0.6 is 11.3 Å². The molecule has 0 radical (unpaired) electrons. The lowest BCUT2D eigenvalue weighted by Gasteiger charge is -2.24. The molecule has 0 bridgehead atoms. The van der Waals surface area contributed by atoms with Crippen LogP contribution < -0.4 is 10.1 Å². The van der Waals surface area contributed by atoms with Gasteiger partial charge in [0.15, 0.2) is 9.84 Å². The van der Waals surface area contributed by atoms with Gasteiger partial charge in [0.2, 0.25) is 5.91 Å². The maximum atomic E-state index is 12.6. The summed E-state index contributed by atoms with van der Waals surface area (Å²) in [5.41, 5.74) is 0.837. The van der Waals surface area contributed by atoms with E-state index >= 15 is 0 Å². The molecular formula is C15H15NO4S2. The van der Waals surface area contributed by atoms with Gasteiger partial charge in [-0.15, -0.1) is 11.3 Å². The molecule has 0 aliphatic carbocycles. The van der Waals surface area contributed by atoms with Gasteiger partial charge in [0.25, 0.3) is 0 Å². The Kier molecular flexibility index (Phi) is 3.92. The predicted octanol–water partition coefficient (Wildman–Crippen LogP) is 2.66. The number of fused-ring (bicyclic) bond motifs is 1. The van der Waals surface area contributed by atoms with E-state index in [0.717, 1.165) is 11.8 Å². The molecule has 0 spiro atoms. The van der Waals surface area contributed by atoms with Crippen LogP contribution in [0.1, 0.15) is 17.9 Å². The second-order valence-corrected chi connectivity index (χ2v) is 8.00. The highest BCUT2D eigenvalue weighted by Crippen LogP contribution is 2.35. The van der Waals surface area contributed by atoms with Gasteiger partial charge < -0.3 is 10.1 Å². The van der Waals surface area contributed by atoms with Crippen molar-refractivity contribution in [3.05, 3.63) is 41.3 Å². The van der Waals surface area contributed by atoms with E-state index in [-0.39, 0.29) is 16.7 Å². The fourth-order valence-corrected chi connectivity index (χ4v) is 4.57. The molecule has 0 saturated carbocycles. The van der Waals surface area contributed by atoms with Crippen LogP contribution in [-0.4, -0.2) is 27.2 Å². The first-order valence-corrected chi connectivity index (χ1v) is 9.54. The molecule has 7 heteroatoms. The molecule has 2 aromatic rings. The maximum absolute atomic E-state index is 12.6. The van der Waals surface area contributed by atoms with E-state index in [4.69, 9.17) is 4.74 Å². The molecule has 1 amide bonds. The normalized spacial score (nSPS) is 17.4. The third kappa shape index (κ3) is 2.86. The summed E-state index contributed by atoms with van der Waals surface area (Å²) >= 11 is 1.21. The Labute approximate surface area is 132 Å². The summed E-state index contributed by atoms with van der Waals surface area (Å²) in [4.78, 5) is 12.7. The Balaban J connectivity index is 1.87. The highest BCUT2D eigenvalue weighted by Gasteiger charge is 2.28. The first-order valence-electron chi connectivity index (χ1n) is 6.77. The fourth-order valence-electron chi connectivity index (χ4n) is 2.49. The van der Waals surface area contributed by atoms with Gasteiger partial charge in [-0.05, 0) is 23.9 Å². The number of para-hydroxylation sites is 1. The first-order chi connectivity index (χ1) is 10.5. The third-order valence-corrected chi connectivity index (χ3v) is 5.64. The molecule has 5 nitrogen and oxygen atoms in total. The number of carbonyl (C=O) groups is 1. The van der Waals surface area contributed by atoms with Crippen LogP contribution in [0.5, 0.6) is 5.75 Å². The van der Waals surface area contributed by atoms with Gasteiger partial charge in [-0.1, -0.05) is 18.2 Å². The molecule has 1 aliphatic rings. The highest BCUT2D eigenvalue weighted by atomic mass is 32.2. The lowest BCUT2D eigenvalue weighted by molar-refractivity contribution is -0.118. The number of ether oxygens (including phenoxy) is 1. The molecule has 22 heavy (non-hydrogen) atoms. The van der Waals surface area contributed by atoms with Crippen LogP contribution in [0.2, 0.25) is 0 Å². The first kappa shape index (κ1) is 15.1. The van der Waals surface area contributed by atoms with Gasteiger partial charge in [0.1, 0.15) is 15.6 Å². The van der Waals surface area contributed by atoms with Crippen LogP contribution in [0.3, 0.4) is 0 Å². The number of anilines is 1. The van der Waals surface area contributed by atoms with Gasteiger partial charge >= 0.3 is 0 Å². The number of amides is 1. The lowest BCUT2D eigenvalue weighted by atomic mass is 9.92. The SMILES string of the molecule is CS(=O)(=O)c1ccsc1NC(=O)[C@@H]1CCOc2ccccc21. The summed E-state index contributed by atoms with van der Waals surface area (Å²) < 4.78 is 29.0. The third-order valence-electron chi connectivity index (χ3n) is 3.54. The van der Waals surface area contributed by atoms with Crippen molar-refractivity contribution in [1.29, 1.82) is 0 Å². The number of hydrogen-bond acceptors (Lipinski definition) is 5. The van der Waals surface area contributed by atoms with E-state index < -0.39 is 9.84 Å². The van der Waals surface area contributed by atoms with E-state index in [1.54, 1.807) is 5.38 Å². The number of nitrogens with one attached hydrogen (secondary N) is 1. The Hall–Kier alpha value is -1.86. The topological polar surface area (TPSA) is 72.5 Å². The molecule has 1 aromatic carbocycles. The molecule has 0 saturated heterocycles. The van der Waals surface area contributed by atoms with Crippen LogP contribution in [0.15, 0.2) is 40.6 Å². The second kappa shape index (κ2) is 5.73.